The summed E-state index contributed by atoms with van der Waals surface area (Å²) in [6, 6.07) is 7.35. The highest BCUT2D eigenvalue weighted by Crippen LogP contribution is 2.25. The van der Waals surface area contributed by atoms with Gasteiger partial charge in [-0.25, -0.2) is 0 Å². The van der Waals surface area contributed by atoms with E-state index in [-0.39, 0.29) is 6.04 Å². The van der Waals surface area contributed by atoms with E-state index < -0.39 is 0 Å². The van der Waals surface area contributed by atoms with E-state index in [4.69, 9.17) is 10.5 Å². The molecule has 1 fully saturated rings. The number of carbonyl (C=O) groups excluding carboxylic acids is 1. The Morgan fingerprint density at radius 2 is 2.27 bits per heavy atom. The number of rotatable bonds is 2. The zero-order valence-electron chi connectivity index (χ0n) is 8.43. The quantitative estimate of drug-likeness (QED) is 0.571. The summed E-state index contributed by atoms with van der Waals surface area (Å²) in [5, 5.41) is 0. The summed E-state index contributed by atoms with van der Waals surface area (Å²) in [6.07, 6.45) is 0.908. The van der Waals surface area contributed by atoms with Crippen molar-refractivity contribution in [3.8, 4) is 0 Å². The Bertz CT molecular complexity index is 354. The van der Waals surface area contributed by atoms with Crippen LogP contribution in [0.3, 0.4) is 0 Å². The molecule has 1 aliphatic rings. The van der Waals surface area contributed by atoms with Crippen molar-refractivity contribution in [2.75, 3.05) is 30.4 Å². The van der Waals surface area contributed by atoms with Gasteiger partial charge in [0.15, 0.2) is 0 Å². The molecular weight excluding hydrogens is 192 g/mol. The van der Waals surface area contributed by atoms with Crippen LogP contribution in [0.2, 0.25) is 0 Å². The van der Waals surface area contributed by atoms with E-state index in [1.807, 2.05) is 29.2 Å². The molecule has 0 bridgehead atoms. The molecule has 2 rings (SSSR count). The SMILES string of the molecule is Nc1ccccc1N1CCOCC1C=O. The van der Waals surface area contributed by atoms with Crippen LogP contribution in [0.4, 0.5) is 11.4 Å². The van der Waals surface area contributed by atoms with E-state index in [0.717, 1.165) is 12.0 Å². The van der Waals surface area contributed by atoms with E-state index >= 15 is 0 Å². The van der Waals surface area contributed by atoms with Crippen LogP contribution in [0, 0.1) is 0 Å². The lowest BCUT2D eigenvalue weighted by molar-refractivity contribution is -0.110. The first-order valence-electron chi connectivity index (χ1n) is 4.97. The molecule has 1 aromatic carbocycles. The number of para-hydroxylation sites is 2. The van der Waals surface area contributed by atoms with Crippen molar-refractivity contribution in [3.63, 3.8) is 0 Å². The number of hydrogen-bond acceptors (Lipinski definition) is 4. The lowest BCUT2D eigenvalue weighted by Gasteiger charge is -2.34. The Morgan fingerprint density at radius 3 is 3.00 bits per heavy atom. The van der Waals surface area contributed by atoms with Crippen LogP contribution >= 0.6 is 0 Å². The van der Waals surface area contributed by atoms with Gasteiger partial charge in [-0.15, -0.1) is 0 Å². The first-order chi connectivity index (χ1) is 7.33. The molecule has 1 saturated heterocycles. The highest BCUT2D eigenvalue weighted by atomic mass is 16.5. The Balaban J connectivity index is 2.28. The van der Waals surface area contributed by atoms with Crippen LogP contribution in [0.1, 0.15) is 0 Å². The van der Waals surface area contributed by atoms with Gasteiger partial charge in [0.05, 0.1) is 24.6 Å². The molecule has 1 atom stereocenters. The highest BCUT2D eigenvalue weighted by Gasteiger charge is 2.23. The van der Waals surface area contributed by atoms with Crippen LogP contribution in [-0.2, 0) is 9.53 Å². The van der Waals surface area contributed by atoms with Gasteiger partial charge in [0.25, 0.3) is 0 Å². The number of benzene rings is 1. The Hall–Kier alpha value is -1.55. The second-order valence-electron chi connectivity index (χ2n) is 3.53. The summed E-state index contributed by atoms with van der Waals surface area (Å²) in [6.45, 7) is 1.79. The summed E-state index contributed by atoms with van der Waals surface area (Å²) in [4.78, 5) is 12.9. The van der Waals surface area contributed by atoms with Crippen molar-refractivity contribution < 1.29 is 9.53 Å². The smallest absolute Gasteiger partial charge is 0.144 e. The number of nitrogen functional groups attached to an aromatic ring is 1. The monoisotopic (exact) mass is 206 g/mol. The summed E-state index contributed by atoms with van der Waals surface area (Å²) in [5.74, 6) is 0. The largest absolute Gasteiger partial charge is 0.397 e. The summed E-state index contributed by atoms with van der Waals surface area (Å²) in [5.41, 5.74) is 7.48. The van der Waals surface area contributed by atoms with Crippen LogP contribution in [0.5, 0.6) is 0 Å². The maximum absolute atomic E-state index is 10.9. The molecule has 0 saturated carbocycles. The zero-order chi connectivity index (χ0) is 10.7. The minimum Gasteiger partial charge on any atom is -0.397 e. The van der Waals surface area contributed by atoms with Crippen molar-refractivity contribution in [2.45, 2.75) is 6.04 Å². The van der Waals surface area contributed by atoms with Gasteiger partial charge >= 0.3 is 0 Å². The Kier molecular flexibility index (Phi) is 2.87. The highest BCUT2D eigenvalue weighted by molar-refractivity contribution is 5.74. The van der Waals surface area contributed by atoms with E-state index in [9.17, 15) is 4.79 Å². The molecule has 80 valence electrons. The third kappa shape index (κ3) is 1.94. The zero-order valence-corrected chi connectivity index (χ0v) is 8.43. The van der Waals surface area contributed by atoms with E-state index in [1.165, 1.54) is 0 Å². The van der Waals surface area contributed by atoms with Crippen LogP contribution in [0.25, 0.3) is 0 Å². The fraction of sp³-hybridized carbons (Fsp3) is 0.364. The molecule has 2 N–H and O–H groups in total. The van der Waals surface area contributed by atoms with Crippen molar-refractivity contribution in [3.05, 3.63) is 24.3 Å². The lowest BCUT2D eigenvalue weighted by Crippen LogP contribution is -2.46. The maximum Gasteiger partial charge on any atom is 0.144 e. The number of nitrogens with zero attached hydrogens (tertiary/aromatic N) is 1. The minimum atomic E-state index is -0.219. The molecule has 1 heterocycles. The number of nitrogens with two attached hydrogens (primary N) is 1. The van der Waals surface area contributed by atoms with E-state index in [2.05, 4.69) is 0 Å². The molecule has 0 aromatic heterocycles. The normalized spacial score (nSPS) is 21.3. The fourth-order valence-electron chi connectivity index (χ4n) is 1.78. The molecule has 0 spiro atoms. The number of anilines is 2. The van der Waals surface area contributed by atoms with Gasteiger partial charge in [-0.05, 0) is 12.1 Å². The topological polar surface area (TPSA) is 55.6 Å². The van der Waals surface area contributed by atoms with Crippen LogP contribution in [-0.4, -0.2) is 32.1 Å². The van der Waals surface area contributed by atoms with Gasteiger partial charge in [-0.3, -0.25) is 0 Å². The van der Waals surface area contributed by atoms with E-state index in [0.29, 0.717) is 25.4 Å². The summed E-state index contributed by atoms with van der Waals surface area (Å²) in [7, 11) is 0. The Labute approximate surface area is 88.6 Å². The third-order valence-corrected chi connectivity index (χ3v) is 2.57. The van der Waals surface area contributed by atoms with E-state index in [1.54, 1.807) is 0 Å². The summed E-state index contributed by atoms with van der Waals surface area (Å²) >= 11 is 0. The number of hydrogen-bond donors (Lipinski definition) is 1. The number of aldehydes is 1. The van der Waals surface area contributed by atoms with Crippen molar-refractivity contribution in [1.29, 1.82) is 0 Å². The average Bonchev–Trinajstić information content (AvgIpc) is 2.30. The van der Waals surface area contributed by atoms with Gasteiger partial charge < -0.3 is 20.2 Å². The second kappa shape index (κ2) is 4.31. The van der Waals surface area contributed by atoms with Gasteiger partial charge in [0, 0.05) is 6.54 Å². The third-order valence-electron chi connectivity index (χ3n) is 2.57. The number of carbonyl (C=O) groups is 1. The number of morpholine rings is 1. The molecule has 1 unspecified atom stereocenters. The van der Waals surface area contributed by atoms with Crippen LogP contribution in [0.15, 0.2) is 24.3 Å². The standard InChI is InChI=1S/C11H14N2O2/c12-10-3-1-2-4-11(10)13-5-6-15-8-9(13)7-14/h1-4,7,9H,5-6,8,12H2. The molecule has 0 aliphatic carbocycles. The molecular formula is C11H14N2O2. The molecule has 15 heavy (non-hydrogen) atoms. The first kappa shape index (κ1) is 9.98. The molecule has 1 aliphatic heterocycles. The molecule has 0 radical (unpaired) electrons. The van der Waals surface area contributed by atoms with Gasteiger partial charge in [-0.1, -0.05) is 12.1 Å². The van der Waals surface area contributed by atoms with Crippen LogP contribution < -0.4 is 10.6 Å². The number of ether oxygens (including phenoxy) is 1. The fourth-order valence-corrected chi connectivity index (χ4v) is 1.78. The van der Waals surface area contributed by atoms with Gasteiger partial charge in [0.2, 0.25) is 0 Å². The summed E-state index contributed by atoms with van der Waals surface area (Å²) < 4.78 is 5.25. The predicted molar refractivity (Wildman–Crippen MR) is 58.9 cm³/mol. The van der Waals surface area contributed by atoms with Crippen molar-refractivity contribution in [1.82, 2.24) is 0 Å². The van der Waals surface area contributed by atoms with Gasteiger partial charge in [0.1, 0.15) is 12.3 Å². The Morgan fingerprint density at radius 1 is 1.47 bits per heavy atom. The second-order valence-corrected chi connectivity index (χ2v) is 3.53. The van der Waals surface area contributed by atoms with Crippen molar-refractivity contribution in [2.24, 2.45) is 0 Å². The lowest BCUT2D eigenvalue weighted by atomic mass is 10.2. The average molecular weight is 206 g/mol. The van der Waals surface area contributed by atoms with Gasteiger partial charge in [-0.2, -0.15) is 0 Å². The molecule has 0 amide bonds. The molecule has 4 heteroatoms. The predicted octanol–water partition coefficient (Wildman–Crippen LogP) is 0.673. The molecule has 1 aromatic rings. The first-order valence-corrected chi connectivity index (χ1v) is 4.97. The maximum atomic E-state index is 10.9. The minimum absolute atomic E-state index is 0.219. The van der Waals surface area contributed by atoms with Crippen molar-refractivity contribution >= 4 is 17.7 Å². The molecule has 4 nitrogen and oxygen atoms in total.